The summed E-state index contributed by atoms with van der Waals surface area (Å²) in [5, 5.41) is 23.0. The molecule has 5 rings (SSSR count). The smallest absolute Gasteiger partial charge is 0.167 e. The van der Waals surface area contributed by atoms with E-state index in [1.54, 1.807) is 11.8 Å². The van der Waals surface area contributed by atoms with Crippen LogP contribution < -0.4 is 0 Å². The predicted octanol–water partition coefficient (Wildman–Crippen LogP) is 4.57. The molecule has 7 atom stereocenters. The van der Waals surface area contributed by atoms with Gasteiger partial charge in [0.15, 0.2) is 5.16 Å². The molecule has 0 bridgehead atoms. The number of allylic oxidation sites excluding steroid dienone is 1. The van der Waals surface area contributed by atoms with Crippen molar-refractivity contribution in [3.05, 3.63) is 24.0 Å². The second-order valence-electron chi connectivity index (χ2n) is 10.8. The zero-order chi connectivity index (χ0) is 20.4. The van der Waals surface area contributed by atoms with Crippen molar-refractivity contribution in [3.8, 4) is 0 Å². The Morgan fingerprint density at radius 2 is 1.93 bits per heavy atom. The summed E-state index contributed by atoms with van der Waals surface area (Å²) in [7, 11) is 2.03. The van der Waals surface area contributed by atoms with E-state index in [1.165, 1.54) is 18.4 Å². The van der Waals surface area contributed by atoms with Gasteiger partial charge in [-0.05, 0) is 74.5 Å². The number of fused-ring (bicyclic) bond motifs is 5. The van der Waals surface area contributed by atoms with Crippen LogP contribution in [0, 0.1) is 28.6 Å². The van der Waals surface area contributed by atoms with Crippen LogP contribution in [0.25, 0.3) is 0 Å². The van der Waals surface area contributed by atoms with Crippen LogP contribution in [-0.4, -0.2) is 37.2 Å². The lowest BCUT2D eigenvalue weighted by atomic mass is 9.46. The lowest BCUT2D eigenvalue weighted by Gasteiger charge is -2.59. The van der Waals surface area contributed by atoms with Crippen LogP contribution in [0.4, 0.5) is 0 Å². The molecule has 0 spiro atoms. The van der Waals surface area contributed by atoms with Crippen molar-refractivity contribution in [3.63, 3.8) is 0 Å². The van der Waals surface area contributed by atoms with E-state index in [-0.39, 0.29) is 16.9 Å². The van der Waals surface area contributed by atoms with Gasteiger partial charge in [0, 0.05) is 30.6 Å². The average Bonchev–Trinajstić information content (AvgIpc) is 3.22. The number of aryl methyl sites for hydroxylation is 1. The molecule has 3 saturated carbocycles. The van der Waals surface area contributed by atoms with Crippen LogP contribution in [0.1, 0.15) is 65.2 Å². The summed E-state index contributed by atoms with van der Waals surface area (Å²) in [6, 6.07) is 0. The Morgan fingerprint density at radius 3 is 2.69 bits per heavy atom. The Kier molecular flexibility index (Phi) is 4.77. The molecule has 160 valence electrons. The Bertz CT molecular complexity index is 822. The van der Waals surface area contributed by atoms with Gasteiger partial charge in [0.05, 0.1) is 11.7 Å². The summed E-state index contributed by atoms with van der Waals surface area (Å²) in [6.45, 7) is 4.86. The molecule has 0 saturated heterocycles. The normalized spacial score (nSPS) is 46.6. The van der Waals surface area contributed by atoms with Gasteiger partial charge in [-0.25, -0.2) is 4.98 Å². The molecule has 4 nitrogen and oxygen atoms in total. The molecule has 1 heterocycles. The summed E-state index contributed by atoms with van der Waals surface area (Å²) >= 11 is 1.72. The zero-order valence-corrected chi connectivity index (χ0v) is 18.9. The standard InChI is InChI=1S/C24H36N2O2S/c1-22-9-6-17(27)14-16(22)4-5-18-19(22)7-10-23(2)20(18)8-11-24(23,28)15-29-21-25-12-13-26(21)3/h12-14,17-20,27-28H,4-11,15H2,1-3H3/t17-,18-,19+,20-,22+,23+,24-/m1/s1. The zero-order valence-electron chi connectivity index (χ0n) is 18.1. The Hall–Kier alpha value is -0.780. The van der Waals surface area contributed by atoms with Crippen LogP contribution in [0.5, 0.6) is 0 Å². The maximum atomic E-state index is 11.9. The van der Waals surface area contributed by atoms with Crippen molar-refractivity contribution in [2.75, 3.05) is 5.75 Å². The number of rotatable bonds is 3. The van der Waals surface area contributed by atoms with E-state index in [2.05, 4.69) is 24.9 Å². The number of hydrogen-bond acceptors (Lipinski definition) is 4. The first-order valence-electron chi connectivity index (χ1n) is 11.5. The summed E-state index contributed by atoms with van der Waals surface area (Å²) in [4.78, 5) is 4.45. The van der Waals surface area contributed by atoms with E-state index in [9.17, 15) is 10.2 Å². The van der Waals surface area contributed by atoms with E-state index in [0.29, 0.717) is 5.92 Å². The van der Waals surface area contributed by atoms with Gasteiger partial charge >= 0.3 is 0 Å². The maximum absolute atomic E-state index is 11.9. The minimum absolute atomic E-state index is 0.0120. The third-order valence-electron chi connectivity index (χ3n) is 9.63. The number of imidazole rings is 1. The Morgan fingerprint density at radius 1 is 1.14 bits per heavy atom. The SMILES string of the molecule is Cn1ccnc1SC[C@]1(O)CC[C@@H]2[C@@H]3CCC4=C[C@H](O)CC[C@]4(C)[C@H]3CC[C@@]21C. The number of aliphatic hydroxyl groups excluding tert-OH is 1. The van der Waals surface area contributed by atoms with Gasteiger partial charge in [0.25, 0.3) is 0 Å². The second-order valence-corrected chi connectivity index (χ2v) is 11.7. The molecule has 1 aromatic heterocycles. The van der Waals surface area contributed by atoms with Crippen molar-refractivity contribution in [2.45, 2.75) is 82.1 Å². The van der Waals surface area contributed by atoms with Gasteiger partial charge in [0.2, 0.25) is 0 Å². The van der Waals surface area contributed by atoms with Gasteiger partial charge in [-0.2, -0.15) is 0 Å². The fraction of sp³-hybridized carbons (Fsp3) is 0.792. The third-order valence-corrected chi connectivity index (χ3v) is 10.9. The molecule has 2 N–H and O–H groups in total. The highest BCUT2D eigenvalue weighted by Gasteiger charge is 2.63. The summed E-state index contributed by atoms with van der Waals surface area (Å²) < 4.78 is 2.05. The number of nitrogens with zero attached hydrogens (tertiary/aromatic N) is 2. The van der Waals surface area contributed by atoms with Gasteiger partial charge in [-0.3, -0.25) is 0 Å². The van der Waals surface area contributed by atoms with Crippen molar-refractivity contribution in [1.82, 2.24) is 9.55 Å². The molecule has 0 aromatic carbocycles. The highest BCUT2D eigenvalue weighted by Crippen LogP contribution is 2.68. The second kappa shape index (κ2) is 6.86. The molecule has 5 heteroatoms. The first-order valence-corrected chi connectivity index (χ1v) is 12.5. The van der Waals surface area contributed by atoms with Crippen LogP contribution in [0.15, 0.2) is 29.2 Å². The van der Waals surface area contributed by atoms with Crippen molar-refractivity contribution in [2.24, 2.45) is 35.6 Å². The van der Waals surface area contributed by atoms with Crippen LogP contribution in [0.3, 0.4) is 0 Å². The first-order chi connectivity index (χ1) is 13.8. The number of aliphatic hydroxyl groups is 2. The monoisotopic (exact) mass is 416 g/mol. The van der Waals surface area contributed by atoms with Crippen molar-refractivity contribution in [1.29, 1.82) is 0 Å². The lowest BCUT2D eigenvalue weighted by molar-refractivity contribution is -0.116. The minimum Gasteiger partial charge on any atom is -0.389 e. The van der Waals surface area contributed by atoms with Gasteiger partial charge in [0.1, 0.15) is 0 Å². The molecule has 0 radical (unpaired) electrons. The van der Waals surface area contributed by atoms with Crippen LogP contribution >= 0.6 is 11.8 Å². The molecule has 4 aliphatic rings. The molecule has 29 heavy (non-hydrogen) atoms. The van der Waals surface area contributed by atoms with Crippen LogP contribution in [0.2, 0.25) is 0 Å². The summed E-state index contributed by atoms with van der Waals surface area (Å²) in [6.07, 6.45) is 14.6. The lowest BCUT2D eigenvalue weighted by Crippen LogP contribution is -2.55. The Labute approximate surface area is 179 Å². The van der Waals surface area contributed by atoms with E-state index < -0.39 is 5.60 Å². The molecule has 0 aliphatic heterocycles. The number of aromatic nitrogens is 2. The molecular formula is C24H36N2O2S. The fourth-order valence-electron chi connectivity index (χ4n) is 7.73. The Balaban J connectivity index is 1.38. The highest BCUT2D eigenvalue weighted by molar-refractivity contribution is 7.99. The summed E-state index contributed by atoms with van der Waals surface area (Å²) in [5.41, 5.74) is 1.21. The first kappa shape index (κ1) is 20.1. The number of hydrogen-bond donors (Lipinski definition) is 2. The summed E-state index contributed by atoms with van der Waals surface area (Å²) in [5.74, 6) is 2.81. The largest absolute Gasteiger partial charge is 0.389 e. The van der Waals surface area contributed by atoms with Gasteiger partial charge < -0.3 is 14.8 Å². The van der Waals surface area contributed by atoms with Crippen molar-refractivity contribution < 1.29 is 10.2 Å². The molecule has 1 aromatic rings. The fourth-order valence-corrected chi connectivity index (χ4v) is 8.97. The predicted molar refractivity (Wildman–Crippen MR) is 117 cm³/mol. The van der Waals surface area contributed by atoms with E-state index >= 15 is 0 Å². The molecule has 0 amide bonds. The number of thioether (sulfide) groups is 1. The van der Waals surface area contributed by atoms with Gasteiger partial charge in [-0.15, -0.1) is 0 Å². The molecule has 3 fully saturated rings. The van der Waals surface area contributed by atoms with Crippen LogP contribution in [-0.2, 0) is 7.05 Å². The maximum Gasteiger partial charge on any atom is 0.167 e. The quantitative estimate of drug-likeness (QED) is 0.560. The van der Waals surface area contributed by atoms with Crippen molar-refractivity contribution >= 4 is 11.8 Å². The molecule has 0 unspecified atom stereocenters. The van der Waals surface area contributed by atoms with E-state index in [0.717, 1.165) is 61.3 Å². The molecular weight excluding hydrogens is 380 g/mol. The van der Waals surface area contributed by atoms with Gasteiger partial charge in [-0.1, -0.05) is 37.3 Å². The third kappa shape index (κ3) is 2.90. The van der Waals surface area contributed by atoms with E-state index in [4.69, 9.17) is 0 Å². The van der Waals surface area contributed by atoms with E-state index in [1.807, 2.05) is 24.0 Å². The average molecular weight is 417 g/mol. The topological polar surface area (TPSA) is 58.3 Å². The molecule has 4 aliphatic carbocycles. The highest BCUT2D eigenvalue weighted by atomic mass is 32.2. The minimum atomic E-state index is -0.598.